The number of hydrogen-bond acceptors (Lipinski definition) is 4. The predicted molar refractivity (Wildman–Crippen MR) is 81.8 cm³/mol. The van der Waals surface area contributed by atoms with Crippen molar-refractivity contribution >= 4 is 16.9 Å². The third kappa shape index (κ3) is 2.74. The van der Waals surface area contributed by atoms with Gasteiger partial charge in [0, 0.05) is 31.5 Å². The summed E-state index contributed by atoms with van der Waals surface area (Å²) in [6.45, 7) is 3.58. The molecule has 1 amide bonds. The summed E-state index contributed by atoms with van der Waals surface area (Å²) in [5.74, 6) is 0.561. The lowest BCUT2D eigenvalue weighted by molar-refractivity contribution is 0.0683. The van der Waals surface area contributed by atoms with Crippen molar-refractivity contribution in [2.45, 2.75) is 25.8 Å². The fourth-order valence-electron chi connectivity index (χ4n) is 2.96. The minimum Gasteiger partial charge on any atom is -0.339 e. The normalized spacial score (nSPS) is 17.9. The van der Waals surface area contributed by atoms with Crippen LogP contribution in [0.4, 0.5) is 0 Å². The van der Waals surface area contributed by atoms with Crippen molar-refractivity contribution in [2.75, 3.05) is 13.1 Å². The van der Waals surface area contributed by atoms with E-state index in [2.05, 4.69) is 9.97 Å². The largest absolute Gasteiger partial charge is 0.339 e. The molecule has 1 saturated heterocycles. The Morgan fingerprint density at radius 3 is 2.71 bits per heavy atom. The number of nitrogens with zero attached hydrogens (tertiary/aromatic N) is 3. The van der Waals surface area contributed by atoms with E-state index >= 15 is 0 Å². The number of likely N-dealkylation sites (tertiary alicyclic amines) is 1. The number of rotatable bonds is 2. The SMILES string of the molecule is CC(N)C1CCN(C(=O)c2cccc3nccnc23)CC1. The molecule has 2 heterocycles. The van der Waals surface area contributed by atoms with Gasteiger partial charge in [-0.2, -0.15) is 0 Å². The highest BCUT2D eigenvalue weighted by Gasteiger charge is 2.26. The van der Waals surface area contributed by atoms with Crippen molar-refractivity contribution in [1.82, 2.24) is 14.9 Å². The van der Waals surface area contributed by atoms with Crippen molar-refractivity contribution in [3.05, 3.63) is 36.2 Å². The van der Waals surface area contributed by atoms with Gasteiger partial charge in [0.1, 0.15) is 5.52 Å². The Kier molecular flexibility index (Phi) is 3.84. The molecule has 0 radical (unpaired) electrons. The average molecular weight is 284 g/mol. The van der Waals surface area contributed by atoms with E-state index in [1.807, 2.05) is 30.0 Å². The molecule has 0 saturated carbocycles. The van der Waals surface area contributed by atoms with Crippen LogP contribution in [0.15, 0.2) is 30.6 Å². The number of aromatic nitrogens is 2. The molecular weight excluding hydrogens is 264 g/mol. The summed E-state index contributed by atoms with van der Waals surface area (Å²) in [6, 6.07) is 5.77. The Hall–Kier alpha value is -2.01. The maximum atomic E-state index is 12.7. The number of nitrogens with two attached hydrogens (primary N) is 1. The number of benzene rings is 1. The number of fused-ring (bicyclic) bond motifs is 1. The summed E-state index contributed by atoms with van der Waals surface area (Å²) < 4.78 is 0. The smallest absolute Gasteiger partial charge is 0.256 e. The van der Waals surface area contributed by atoms with Crippen LogP contribution in [0.5, 0.6) is 0 Å². The average Bonchev–Trinajstić information content (AvgIpc) is 2.53. The Labute approximate surface area is 124 Å². The van der Waals surface area contributed by atoms with E-state index in [9.17, 15) is 4.79 Å². The van der Waals surface area contributed by atoms with Gasteiger partial charge in [0.25, 0.3) is 5.91 Å². The second-order valence-corrected chi connectivity index (χ2v) is 5.72. The predicted octanol–water partition coefficient (Wildman–Crippen LogP) is 1.83. The highest BCUT2D eigenvalue weighted by Crippen LogP contribution is 2.23. The van der Waals surface area contributed by atoms with Crippen LogP contribution in [0.3, 0.4) is 0 Å². The van der Waals surface area contributed by atoms with Crippen LogP contribution in [-0.2, 0) is 0 Å². The van der Waals surface area contributed by atoms with Crippen LogP contribution in [0.1, 0.15) is 30.1 Å². The highest BCUT2D eigenvalue weighted by atomic mass is 16.2. The van der Waals surface area contributed by atoms with Crippen molar-refractivity contribution in [2.24, 2.45) is 11.7 Å². The number of amides is 1. The molecule has 1 aliphatic rings. The van der Waals surface area contributed by atoms with Gasteiger partial charge in [0.05, 0.1) is 11.1 Å². The first-order valence-corrected chi connectivity index (χ1v) is 7.41. The third-order valence-corrected chi connectivity index (χ3v) is 4.30. The Bertz CT molecular complexity index is 642. The van der Waals surface area contributed by atoms with Crippen molar-refractivity contribution in [1.29, 1.82) is 0 Å². The fraction of sp³-hybridized carbons (Fsp3) is 0.438. The van der Waals surface area contributed by atoms with Gasteiger partial charge < -0.3 is 10.6 Å². The van der Waals surface area contributed by atoms with Gasteiger partial charge in [-0.1, -0.05) is 6.07 Å². The Morgan fingerprint density at radius 2 is 2.00 bits per heavy atom. The summed E-state index contributed by atoms with van der Waals surface area (Å²) in [5, 5.41) is 0. The molecular formula is C16H20N4O. The van der Waals surface area contributed by atoms with E-state index in [1.165, 1.54) is 0 Å². The second kappa shape index (κ2) is 5.77. The van der Waals surface area contributed by atoms with Crippen LogP contribution >= 0.6 is 0 Å². The maximum absolute atomic E-state index is 12.7. The zero-order valence-corrected chi connectivity index (χ0v) is 12.2. The lowest BCUT2D eigenvalue weighted by Gasteiger charge is -2.33. The van der Waals surface area contributed by atoms with E-state index in [1.54, 1.807) is 12.4 Å². The van der Waals surface area contributed by atoms with Crippen LogP contribution < -0.4 is 5.73 Å². The number of carbonyl (C=O) groups is 1. The summed E-state index contributed by atoms with van der Waals surface area (Å²) in [6.07, 6.45) is 5.21. The molecule has 0 bridgehead atoms. The summed E-state index contributed by atoms with van der Waals surface area (Å²) in [4.78, 5) is 23.2. The van der Waals surface area contributed by atoms with Gasteiger partial charge in [-0.05, 0) is 37.8 Å². The molecule has 1 aromatic heterocycles. The van der Waals surface area contributed by atoms with Crippen molar-refractivity contribution in [3.8, 4) is 0 Å². The quantitative estimate of drug-likeness (QED) is 0.913. The van der Waals surface area contributed by atoms with Crippen LogP contribution in [0, 0.1) is 5.92 Å². The minimum absolute atomic E-state index is 0.0456. The molecule has 1 unspecified atom stereocenters. The molecule has 2 aromatic rings. The Morgan fingerprint density at radius 1 is 1.29 bits per heavy atom. The van der Waals surface area contributed by atoms with Gasteiger partial charge in [-0.15, -0.1) is 0 Å². The summed E-state index contributed by atoms with van der Waals surface area (Å²) in [7, 11) is 0. The number of piperidine rings is 1. The molecule has 1 fully saturated rings. The van der Waals surface area contributed by atoms with E-state index in [-0.39, 0.29) is 11.9 Å². The molecule has 5 heteroatoms. The molecule has 3 rings (SSSR count). The second-order valence-electron chi connectivity index (χ2n) is 5.72. The molecule has 1 aromatic carbocycles. The molecule has 2 N–H and O–H groups in total. The topological polar surface area (TPSA) is 72.1 Å². The van der Waals surface area contributed by atoms with Gasteiger partial charge in [-0.3, -0.25) is 14.8 Å². The zero-order valence-electron chi connectivity index (χ0n) is 12.2. The molecule has 0 aliphatic carbocycles. The van der Waals surface area contributed by atoms with E-state index < -0.39 is 0 Å². The zero-order chi connectivity index (χ0) is 14.8. The Balaban J connectivity index is 1.82. The van der Waals surface area contributed by atoms with E-state index in [0.717, 1.165) is 31.4 Å². The molecule has 110 valence electrons. The molecule has 5 nitrogen and oxygen atoms in total. The fourth-order valence-corrected chi connectivity index (χ4v) is 2.96. The van der Waals surface area contributed by atoms with Crippen LogP contribution in [-0.4, -0.2) is 39.9 Å². The maximum Gasteiger partial charge on any atom is 0.256 e. The number of carbonyl (C=O) groups excluding carboxylic acids is 1. The third-order valence-electron chi connectivity index (χ3n) is 4.30. The van der Waals surface area contributed by atoms with Gasteiger partial charge >= 0.3 is 0 Å². The lowest BCUT2D eigenvalue weighted by Crippen LogP contribution is -2.42. The van der Waals surface area contributed by atoms with Gasteiger partial charge in [-0.25, -0.2) is 0 Å². The molecule has 1 aliphatic heterocycles. The van der Waals surface area contributed by atoms with Crippen molar-refractivity contribution < 1.29 is 4.79 Å². The molecule has 1 atom stereocenters. The van der Waals surface area contributed by atoms with E-state index in [4.69, 9.17) is 5.73 Å². The monoisotopic (exact) mass is 284 g/mol. The van der Waals surface area contributed by atoms with Gasteiger partial charge in [0.2, 0.25) is 0 Å². The van der Waals surface area contributed by atoms with Crippen LogP contribution in [0.25, 0.3) is 11.0 Å². The first-order chi connectivity index (χ1) is 10.2. The number of para-hydroxylation sites is 1. The summed E-state index contributed by atoms with van der Waals surface area (Å²) in [5.41, 5.74) is 8.03. The number of hydrogen-bond donors (Lipinski definition) is 1. The van der Waals surface area contributed by atoms with Crippen molar-refractivity contribution in [3.63, 3.8) is 0 Å². The van der Waals surface area contributed by atoms with Gasteiger partial charge in [0.15, 0.2) is 0 Å². The molecule has 0 spiro atoms. The highest BCUT2D eigenvalue weighted by molar-refractivity contribution is 6.04. The standard InChI is InChI=1S/C16H20N4O/c1-11(17)12-5-9-20(10-6-12)16(21)13-3-2-4-14-15(13)19-8-7-18-14/h2-4,7-8,11-12H,5-6,9-10,17H2,1H3. The lowest BCUT2D eigenvalue weighted by atomic mass is 9.90. The molecule has 21 heavy (non-hydrogen) atoms. The van der Waals surface area contributed by atoms with E-state index in [0.29, 0.717) is 17.0 Å². The first-order valence-electron chi connectivity index (χ1n) is 7.41. The first kappa shape index (κ1) is 13.9. The summed E-state index contributed by atoms with van der Waals surface area (Å²) >= 11 is 0. The van der Waals surface area contributed by atoms with Crippen LogP contribution in [0.2, 0.25) is 0 Å². The minimum atomic E-state index is 0.0456.